The number of hydrogen-bond acceptors (Lipinski definition) is 3. The molecular formula is C16H17N3OS. The summed E-state index contributed by atoms with van der Waals surface area (Å²) in [5, 5.41) is 4.92. The zero-order valence-electron chi connectivity index (χ0n) is 12.1. The average Bonchev–Trinajstić information content (AvgIpc) is 3.00. The van der Waals surface area contributed by atoms with Crippen LogP contribution in [0.3, 0.4) is 0 Å². The number of benzene rings is 1. The molecule has 0 aliphatic rings. The van der Waals surface area contributed by atoms with E-state index in [2.05, 4.69) is 17.2 Å². The fraction of sp³-hybridized carbons (Fsp3) is 0.250. The van der Waals surface area contributed by atoms with Gasteiger partial charge in [-0.25, -0.2) is 4.98 Å². The standard InChI is InChI=1S/C16H17N3OS/c1-3-12-4-6-13(7-5-12)18-15(20)8-14-10-21-16-17-11(2)9-19(14)16/h4-7,9-10H,3,8H2,1-2H3,(H,18,20). The number of amides is 1. The predicted octanol–water partition coefficient (Wildman–Crippen LogP) is 3.45. The highest BCUT2D eigenvalue weighted by molar-refractivity contribution is 7.15. The second-order valence-electron chi connectivity index (χ2n) is 5.04. The lowest BCUT2D eigenvalue weighted by molar-refractivity contribution is -0.115. The molecule has 0 saturated carbocycles. The number of imidazole rings is 1. The van der Waals surface area contributed by atoms with Crippen LogP contribution in [0.4, 0.5) is 5.69 Å². The summed E-state index contributed by atoms with van der Waals surface area (Å²) in [6, 6.07) is 7.97. The van der Waals surface area contributed by atoms with Gasteiger partial charge in [0.1, 0.15) is 0 Å². The Morgan fingerprint density at radius 3 is 2.81 bits per heavy atom. The Kier molecular flexibility index (Phi) is 3.75. The summed E-state index contributed by atoms with van der Waals surface area (Å²) in [5.41, 5.74) is 4.05. The number of fused-ring (bicyclic) bond motifs is 1. The molecule has 21 heavy (non-hydrogen) atoms. The number of rotatable bonds is 4. The van der Waals surface area contributed by atoms with Crippen molar-refractivity contribution in [1.29, 1.82) is 0 Å². The molecule has 0 atom stereocenters. The minimum absolute atomic E-state index is 0.00898. The molecular weight excluding hydrogens is 282 g/mol. The summed E-state index contributed by atoms with van der Waals surface area (Å²) >= 11 is 1.56. The van der Waals surface area contributed by atoms with Crippen LogP contribution < -0.4 is 5.32 Å². The SMILES string of the molecule is CCc1ccc(NC(=O)Cc2csc3nc(C)cn23)cc1. The van der Waals surface area contributed by atoms with Crippen LogP contribution in [-0.2, 0) is 17.6 Å². The quantitative estimate of drug-likeness (QED) is 0.802. The first-order chi connectivity index (χ1) is 10.2. The van der Waals surface area contributed by atoms with Crippen LogP contribution in [0.5, 0.6) is 0 Å². The monoisotopic (exact) mass is 299 g/mol. The number of hydrogen-bond donors (Lipinski definition) is 1. The van der Waals surface area contributed by atoms with Crippen LogP contribution in [0.1, 0.15) is 23.9 Å². The molecule has 4 nitrogen and oxygen atoms in total. The number of nitrogens with zero attached hydrogens (tertiary/aromatic N) is 2. The van der Waals surface area contributed by atoms with E-state index in [1.54, 1.807) is 11.3 Å². The third kappa shape index (κ3) is 2.97. The van der Waals surface area contributed by atoms with E-state index in [0.717, 1.165) is 28.5 Å². The fourth-order valence-corrected chi connectivity index (χ4v) is 3.18. The molecule has 5 heteroatoms. The molecule has 0 unspecified atom stereocenters. The second-order valence-corrected chi connectivity index (χ2v) is 5.87. The first kappa shape index (κ1) is 13.8. The van der Waals surface area contributed by atoms with Gasteiger partial charge in [0.05, 0.1) is 12.1 Å². The van der Waals surface area contributed by atoms with Gasteiger partial charge in [0.15, 0.2) is 4.96 Å². The molecule has 0 radical (unpaired) electrons. The Morgan fingerprint density at radius 1 is 1.33 bits per heavy atom. The van der Waals surface area contributed by atoms with Gasteiger partial charge in [-0.1, -0.05) is 19.1 Å². The Balaban J connectivity index is 1.70. The third-order valence-corrected chi connectivity index (χ3v) is 4.28. The molecule has 1 N–H and O–H groups in total. The number of aryl methyl sites for hydroxylation is 2. The molecule has 0 saturated heterocycles. The van der Waals surface area contributed by atoms with Crippen molar-refractivity contribution in [2.24, 2.45) is 0 Å². The molecule has 108 valence electrons. The second kappa shape index (κ2) is 5.69. The van der Waals surface area contributed by atoms with Crippen molar-refractivity contribution in [2.45, 2.75) is 26.7 Å². The number of thiazole rings is 1. The molecule has 0 fully saturated rings. The number of anilines is 1. The lowest BCUT2D eigenvalue weighted by Gasteiger charge is -2.05. The van der Waals surface area contributed by atoms with Crippen molar-refractivity contribution in [1.82, 2.24) is 9.38 Å². The van der Waals surface area contributed by atoms with E-state index in [4.69, 9.17) is 0 Å². The van der Waals surface area contributed by atoms with E-state index < -0.39 is 0 Å². The predicted molar refractivity (Wildman–Crippen MR) is 86.0 cm³/mol. The largest absolute Gasteiger partial charge is 0.326 e. The molecule has 3 aromatic rings. The molecule has 0 aliphatic heterocycles. The molecule has 2 aromatic heterocycles. The maximum Gasteiger partial charge on any atom is 0.230 e. The van der Waals surface area contributed by atoms with Crippen LogP contribution in [0, 0.1) is 6.92 Å². The molecule has 1 aromatic carbocycles. The van der Waals surface area contributed by atoms with E-state index in [1.165, 1.54) is 5.56 Å². The fourth-order valence-electron chi connectivity index (χ4n) is 2.26. The zero-order valence-corrected chi connectivity index (χ0v) is 12.9. The molecule has 0 spiro atoms. The highest BCUT2D eigenvalue weighted by Gasteiger charge is 2.10. The lowest BCUT2D eigenvalue weighted by Crippen LogP contribution is -2.15. The summed E-state index contributed by atoms with van der Waals surface area (Å²) in [6.07, 6.45) is 3.32. The van der Waals surface area contributed by atoms with Gasteiger partial charge in [0.25, 0.3) is 0 Å². The minimum atomic E-state index is -0.00898. The number of carbonyl (C=O) groups excluding carboxylic acids is 1. The van der Waals surface area contributed by atoms with Gasteiger partial charge >= 0.3 is 0 Å². The van der Waals surface area contributed by atoms with E-state index in [0.29, 0.717) is 6.42 Å². The van der Waals surface area contributed by atoms with Crippen molar-refractivity contribution >= 4 is 27.9 Å². The molecule has 2 heterocycles. The van der Waals surface area contributed by atoms with Crippen LogP contribution in [0.2, 0.25) is 0 Å². The Morgan fingerprint density at radius 2 is 2.10 bits per heavy atom. The van der Waals surface area contributed by atoms with Crippen molar-refractivity contribution in [2.75, 3.05) is 5.32 Å². The Bertz CT molecular complexity index is 771. The molecule has 0 aliphatic carbocycles. The first-order valence-corrected chi connectivity index (χ1v) is 7.84. The van der Waals surface area contributed by atoms with Gasteiger partial charge in [-0.3, -0.25) is 9.20 Å². The van der Waals surface area contributed by atoms with E-state index in [-0.39, 0.29) is 5.91 Å². The molecule has 3 rings (SSSR count). The summed E-state index contributed by atoms with van der Waals surface area (Å²) in [7, 11) is 0. The first-order valence-electron chi connectivity index (χ1n) is 6.96. The van der Waals surface area contributed by atoms with Crippen LogP contribution in [-0.4, -0.2) is 15.3 Å². The van der Waals surface area contributed by atoms with E-state index in [1.807, 2.05) is 47.2 Å². The summed E-state index contributed by atoms with van der Waals surface area (Å²) < 4.78 is 1.99. The zero-order chi connectivity index (χ0) is 14.8. The number of nitrogens with one attached hydrogen (secondary N) is 1. The average molecular weight is 299 g/mol. The summed E-state index contributed by atoms with van der Waals surface area (Å²) in [6.45, 7) is 4.07. The lowest BCUT2D eigenvalue weighted by atomic mass is 10.1. The number of aromatic nitrogens is 2. The Hall–Kier alpha value is -2.14. The van der Waals surface area contributed by atoms with Gasteiger partial charge in [-0.15, -0.1) is 11.3 Å². The minimum Gasteiger partial charge on any atom is -0.326 e. The highest BCUT2D eigenvalue weighted by Crippen LogP contribution is 2.17. The number of carbonyl (C=O) groups is 1. The normalized spacial score (nSPS) is 11.0. The topological polar surface area (TPSA) is 46.4 Å². The highest BCUT2D eigenvalue weighted by atomic mass is 32.1. The smallest absolute Gasteiger partial charge is 0.230 e. The van der Waals surface area contributed by atoms with Gasteiger partial charge in [0.2, 0.25) is 5.91 Å². The van der Waals surface area contributed by atoms with E-state index in [9.17, 15) is 4.79 Å². The van der Waals surface area contributed by atoms with Gasteiger partial charge in [-0.05, 0) is 31.0 Å². The maximum absolute atomic E-state index is 12.1. The Labute approximate surface area is 127 Å². The van der Waals surface area contributed by atoms with Gasteiger partial charge in [-0.2, -0.15) is 0 Å². The molecule has 1 amide bonds. The van der Waals surface area contributed by atoms with Crippen LogP contribution in [0.25, 0.3) is 4.96 Å². The van der Waals surface area contributed by atoms with E-state index >= 15 is 0 Å². The van der Waals surface area contributed by atoms with Gasteiger partial charge in [0, 0.05) is 23.0 Å². The third-order valence-electron chi connectivity index (χ3n) is 3.39. The van der Waals surface area contributed by atoms with Crippen molar-refractivity contribution < 1.29 is 4.79 Å². The molecule has 0 bridgehead atoms. The summed E-state index contributed by atoms with van der Waals surface area (Å²) in [4.78, 5) is 17.5. The summed E-state index contributed by atoms with van der Waals surface area (Å²) in [5.74, 6) is -0.00898. The van der Waals surface area contributed by atoms with Gasteiger partial charge < -0.3 is 5.32 Å². The van der Waals surface area contributed by atoms with Crippen LogP contribution in [0.15, 0.2) is 35.8 Å². The van der Waals surface area contributed by atoms with Crippen molar-refractivity contribution in [3.05, 3.63) is 52.8 Å². The van der Waals surface area contributed by atoms with Crippen molar-refractivity contribution in [3.8, 4) is 0 Å². The van der Waals surface area contributed by atoms with Crippen molar-refractivity contribution in [3.63, 3.8) is 0 Å². The maximum atomic E-state index is 12.1. The van der Waals surface area contributed by atoms with Crippen LogP contribution >= 0.6 is 11.3 Å².